The van der Waals surface area contributed by atoms with Crippen molar-refractivity contribution in [3.05, 3.63) is 0 Å². The van der Waals surface area contributed by atoms with Crippen LogP contribution in [0.25, 0.3) is 0 Å². The van der Waals surface area contributed by atoms with Crippen LogP contribution < -0.4 is 0 Å². The first-order valence-corrected chi connectivity index (χ1v) is 13.1. The Kier molecular flexibility index (Phi) is 37.7. The number of hydrogen-bond donors (Lipinski definition) is 6. The normalized spacial score (nSPS) is 10.9. The molecule has 0 aliphatic rings. The summed E-state index contributed by atoms with van der Waals surface area (Å²) in [5.74, 6) is 0.847. The third-order valence-corrected chi connectivity index (χ3v) is 1.47. The van der Waals surface area contributed by atoms with Gasteiger partial charge in [-0.2, -0.15) is 0 Å². The molecule has 0 saturated carbocycles. The van der Waals surface area contributed by atoms with Crippen LogP contribution in [0.3, 0.4) is 0 Å². The van der Waals surface area contributed by atoms with E-state index >= 15 is 0 Å². The van der Waals surface area contributed by atoms with Gasteiger partial charge in [0.05, 0.1) is 0 Å². The Hall–Kier alpha value is 1.21. The third kappa shape index (κ3) is 442. The quantitative estimate of drug-likeness (QED) is 0.376. The smallest absolute Gasteiger partial charge is 0.319 e. The van der Waals surface area contributed by atoms with Gasteiger partial charge in [-0.25, -0.2) is 0 Å². The van der Waals surface area contributed by atoms with E-state index in [-0.39, 0.29) is 0 Å². The van der Waals surface area contributed by atoms with E-state index in [1.165, 1.54) is 6.42 Å². The molecule has 0 aromatic carbocycles. The van der Waals surface area contributed by atoms with Gasteiger partial charge in [-0.15, -0.1) is 0 Å². The van der Waals surface area contributed by atoms with Crippen LogP contribution in [0.2, 0.25) is 0 Å². The van der Waals surface area contributed by atoms with Crippen LogP contribution in [-0.2, 0) is 34.4 Å². The second-order valence-corrected chi connectivity index (χ2v) is 9.56. The van der Waals surface area contributed by atoms with Crippen molar-refractivity contribution < 1.29 is 33.6 Å². The molecule has 0 aromatic heterocycles. The summed E-state index contributed by atoms with van der Waals surface area (Å²) in [7, 11) is -0.566. The van der Waals surface area contributed by atoms with Crippen LogP contribution in [0.15, 0.2) is 0 Å². The fourth-order valence-electron chi connectivity index (χ4n) is 0.287. The first kappa shape index (κ1) is 33.7. The maximum absolute atomic E-state index is 10.2. The average molecular weight is 408 g/mol. The third-order valence-electron chi connectivity index (χ3n) is 0.492. The van der Waals surface area contributed by atoms with Gasteiger partial charge in [0.15, 0.2) is 0 Å². The molecule has 0 fully saturated rings. The minimum atomic E-state index is -3.81. The monoisotopic (exact) mass is 408 g/mol. The molecule has 0 aromatic rings. The number of hydrogen-bond acceptors (Lipinski definition) is 3. The molecule has 0 heterocycles. The lowest BCUT2D eigenvalue weighted by atomic mass is 10.6. The molecule has 0 aliphatic carbocycles. The Morgan fingerprint density at radius 1 is 0.857 bits per heavy atom. The van der Waals surface area contributed by atoms with Crippen LogP contribution in [-0.4, -0.2) is 45.6 Å². The van der Waals surface area contributed by atoms with Gasteiger partial charge < -0.3 is 29.4 Å². The number of rotatable bonds is 2. The predicted octanol–water partition coefficient (Wildman–Crippen LogP) is 1.59. The maximum Gasteiger partial charge on any atom is 0.319 e. The molecule has 136 valence electrons. The van der Waals surface area contributed by atoms with Gasteiger partial charge in [0.1, 0.15) is 0 Å². The second kappa shape index (κ2) is 23.5. The highest BCUT2D eigenvalue weighted by molar-refractivity contribution is 8.06. The molecule has 0 bridgehead atoms. The lowest BCUT2D eigenvalue weighted by Crippen LogP contribution is -1.89. The standard InChI is InChI=1S/C4H10OS.C3H8.C2H6.2H3O3PS/c1-3-4-6(2)5;1-3-2;1-2;2*1-4(2,3)5/h3-4H2,1-2H3;3H2,1-2H3;1-2H3;2*(H3,1,2,3,5). The van der Waals surface area contributed by atoms with E-state index in [4.69, 9.17) is 29.4 Å². The highest BCUT2D eigenvalue weighted by Crippen LogP contribution is 2.26. The van der Waals surface area contributed by atoms with Gasteiger partial charge in [0.2, 0.25) is 0 Å². The highest BCUT2D eigenvalue weighted by atomic mass is 32.5. The predicted molar refractivity (Wildman–Crippen MR) is 98.4 cm³/mol. The van der Waals surface area contributed by atoms with E-state index in [1.54, 1.807) is 6.26 Å². The van der Waals surface area contributed by atoms with Crippen LogP contribution in [0.1, 0.15) is 47.5 Å². The summed E-state index contributed by atoms with van der Waals surface area (Å²) >= 11 is 7.21. The summed E-state index contributed by atoms with van der Waals surface area (Å²) < 4.78 is 10.2. The van der Waals surface area contributed by atoms with Crippen molar-refractivity contribution in [2.75, 3.05) is 12.0 Å². The Morgan fingerprint density at radius 2 is 1.00 bits per heavy atom. The lowest BCUT2D eigenvalue weighted by molar-refractivity contribution is 0.361. The molecule has 12 heteroatoms. The van der Waals surface area contributed by atoms with Crippen molar-refractivity contribution in [2.45, 2.75) is 47.5 Å². The van der Waals surface area contributed by atoms with Crippen molar-refractivity contribution in [3.8, 4) is 0 Å². The molecular formula is C9H30O7P2S3. The van der Waals surface area contributed by atoms with Crippen LogP contribution >= 0.6 is 13.4 Å². The van der Waals surface area contributed by atoms with Crippen molar-refractivity contribution in [2.24, 2.45) is 0 Å². The van der Waals surface area contributed by atoms with Gasteiger partial charge in [-0.05, 0) is 30.0 Å². The maximum atomic E-state index is 10.2. The molecule has 0 saturated heterocycles. The van der Waals surface area contributed by atoms with Crippen LogP contribution in [0.4, 0.5) is 0 Å². The van der Waals surface area contributed by atoms with Gasteiger partial charge >= 0.3 is 13.4 Å². The summed E-state index contributed by atoms with van der Waals surface area (Å²) in [6.45, 7) is 2.67. The largest absolute Gasteiger partial charge is 0.325 e. The van der Waals surface area contributed by atoms with Gasteiger partial charge in [-0.1, -0.05) is 41.0 Å². The van der Waals surface area contributed by atoms with Crippen molar-refractivity contribution >= 4 is 47.9 Å². The first-order valence-electron chi connectivity index (χ1n) is 6.05. The SMILES string of the molecule is CC.CCC.CCCS(C)=O.OP(O)(O)=S.OP(O)(O)=S. The van der Waals surface area contributed by atoms with E-state index in [0.717, 1.165) is 12.2 Å². The summed E-state index contributed by atoms with van der Waals surface area (Å²) in [5.41, 5.74) is 0. The summed E-state index contributed by atoms with van der Waals surface area (Å²) in [4.78, 5) is 45.3. The topological polar surface area (TPSA) is 138 Å². The Morgan fingerprint density at radius 3 is 1.00 bits per heavy atom. The molecule has 1 atom stereocenters. The van der Waals surface area contributed by atoms with Crippen LogP contribution in [0, 0.1) is 0 Å². The molecule has 0 radical (unpaired) electrons. The zero-order chi connectivity index (χ0) is 18.7. The van der Waals surface area contributed by atoms with E-state index in [0.29, 0.717) is 0 Å². The Bertz CT molecular complexity index is 255. The van der Waals surface area contributed by atoms with E-state index in [9.17, 15) is 4.21 Å². The van der Waals surface area contributed by atoms with Crippen molar-refractivity contribution in [3.63, 3.8) is 0 Å². The van der Waals surface area contributed by atoms with Crippen LogP contribution in [0.5, 0.6) is 0 Å². The summed E-state index contributed by atoms with van der Waals surface area (Å²) in [6.07, 6.45) is 4.01. The first-order chi connectivity index (χ1) is 9.18. The van der Waals surface area contributed by atoms with Gasteiger partial charge in [-0.3, -0.25) is 4.21 Å². The van der Waals surface area contributed by atoms with E-state index in [1.807, 2.05) is 20.8 Å². The molecule has 0 spiro atoms. The molecule has 7 nitrogen and oxygen atoms in total. The average Bonchev–Trinajstić information content (AvgIpc) is 2.16. The molecule has 21 heavy (non-hydrogen) atoms. The minimum Gasteiger partial charge on any atom is -0.325 e. The van der Waals surface area contributed by atoms with E-state index in [2.05, 4.69) is 37.5 Å². The molecule has 0 aliphatic heterocycles. The zero-order valence-electron chi connectivity index (χ0n) is 13.3. The fourth-order valence-corrected chi connectivity index (χ4v) is 0.862. The minimum absolute atomic E-state index is 0.566. The Labute approximate surface area is 141 Å². The Balaban J connectivity index is -0.0000000532. The summed E-state index contributed by atoms with van der Waals surface area (Å²) in [6, 6.07) is 0. The van der Waals surface area contributed by atoms with E-state index < -0.39 is 24.2 Å². The molecule has 6 N–H and O–H groups in total. The second-order valence-electron chi connectivity index (χ2n) is 3.01. The van der Waals surface area contributed by atoms with Gasteiger partial charge in [0.25, 0.3) is 0 Å². The zero-order valence-corrected chi connectivity index (χ0v) is 17.6. The summed E-state index contributed by atoms with van der Waals surface area (Å²) in [5, 5.41) is 0. The molecule has 0 rings (SSSR count). The fraction of sp³-hybridized carbons (Fsp3) is 1.00. The van der Waals surface area contributed by atoms with Crippen molar-refractivity contribution in [1.29, 1.82) is 0 Å². The van der Waals surface area contributed by atoms with Gasteiger partial charge in [0, 0.05) is 22.8 Å². The molecule has 1 unspecified atom stereocenters. The molecular weight excluding hydrogens is 378 g/mol. The highest BCUT2D eigenvalue weighted by Gasteiger charge is 1.92. The van der Waals surface area contributed by atoms with Crippen molar-refractivity contribution in [1.82, 2.24) is 0 Å². The molecule has 0 amide bonds. The lowest BCUT2D eigenvalue weighted by Gasteiger charge is -1.88.